The van der Waals surface area contributed by atoms with Crippen molar-refractivity contribution in [2.24, 2.45) is 29.6 Å². The van der Waals surface area contributed by atoms with Gasteiger partial charge >= 0.3 is 166 Å². The molecule has 5 nitrogen and oxygen atoms in total. The Kier molecular flexibility index (Phi) is 12.5. The zero-order valence-corrected chi connectivity index (χ0v) is 21.5. The molecule has 0 aromatic rings. The Bertz CT molecular complexity index is 282. The van der Waals surface area contributed by atoms with Gasteiger partial charge in [-0.1, -0.05) is 0 Å². The SMILES string of the molecule is CC(C)C[O][Sb]([O]CC(C)C)([O]CC(C)C)([O]CC(C)C)[O]CC(C)C. The van der Waals surface area contributed by atoms with Gasteiger partial charge in [0.05, 0.1) is 0 Å². The monoisotopic (exact) mass is 486 g/mol. The molecular weight excluding hydrogens is 442 g/mol. The Morgan fingerprint density at radius 1 is 0.385 bits per heavy atom. The molecule has 0 aliphatic rings. The van der Waals surface area contributed by atoms with Crippen LogP contribution >= 0.6 is 0 Å². The van der Waals surface area contributed by atoms with E-state index in [9.17, 15) is 0 Å². The molecule has 0 N–H and O–H groups in total. The molecule has 0 aromatic heterocycles. The van der Waals surface area contributed by atoms with E-state index in [0.29, 0.717) is 62.6 Å². The van der Waals surface area contributed by atoms with Crippen molar-refractivity contribution in [1.82, 2.24) is 0 Å². The van der Waals surface area contributed by atoms with E-state index in [0.717, 1.165) is 0 Å². The number of rotatable bonds is 15. The first-order valence-electron chi connectivity index (χ1n) is 10.2. The molecule has 160 valence electrons. The second-order valence-corrected chi connectivity index (χ2v) is 17.1. The van der Waals surface area contributed by atoms with Crippen LogP contribution in [-0.2, 0) is 15.1 Å². The van der Waals surface area contributed by atoms with Gasteiger partial charge < -0.3 is 0 Å². The van der Waals surface area contributed by atoms with Gasteiger partial charge in [0.25, 0.3) is 0 Å². The van der Waals surface area contributed by atoms with E-state index in [-0.39, 0.29) is 0 Å². The van der Waals surface area contributed by atoms with Crippen LogP contribution in [0.1, 0.15) is 69.2 Å². The van der Waals surface area contributed by atoms with Gasteiger partial charge in [-0.25, -0.2) is 0 Å². The first-order valence-corrected chi connectivity index (χ1v) is 15.4. The molecule has 0 saturated heterocycles. The molecule has 0 saturated carbocycles. The van der Waals surface area contributed by atoms with Crippen LogP contribution in [0.15, 0.2) is 0 Å². The van der Waals surface area contributed by atoms with Crippen molar-refractivity contribution < 1.29 is 15.1 Å². The van der Waals surface area contributed by atoms with E-state index in [1.807, 2.05) is 0 Å². The second kappa shape index (κ2) is 12.2. The van der Waals surface area contributed by atoms with Crippen LogP contribution in [-0.4, -0.2) is 52.5 Å². The summed E-state index contributed by atoms with van der Waals surface area (Å²) in [6, 6.07) is 0. The van der Waals surface area contributed by atoms with Gasteiger partial charge in [-0.3, -0.25) is 0 Å². The Morgan fingerprint density at radius 2 is 0.538 bits per heavy atom. The second-order valence-electron chi connectivity index (χ2n) is 9.19. The van der Waals surface area contributed by atoms with Crippen LogP contribution in [0.25, 0.3) is 0 Å². The molecule has 0 radical (unpaired) electrons. The summed E-state index contributed by atoms with van der Waals surface area (Å²) < 4.78 is 32.0. The van der Waals surface area contributed by atoms with Gasteiger partial charge in [-0.05, 0) is 0 Å². The van der Waals surface area contributed by atoms with Gasteiger partial charge in [0.2, 0.25) is 0 Å². The normalized spacial score (nSPS) is 14.8. The maximum atomic E-state index is 6.39. The van der Waals surface area contributed by atoms with Crippen LogP contribution in [0, 0.1) is 29.6 Å². The zero-order valence-electron chi connectivity index (χ0n) is 18.9. The Labute approximate surface area is 166 Å². The molecule has 0 atom stereocenters. The zero-order chi connectivity index (χ0) is 20.4. The Hall–Kier alpha value is 0.618. The molecule has 0 bridgehead atoms. The maximum absolute atomic E-state index is 6.39. The van der Waals surface area contributed by atoms with Crippen molar-refractivity contribution in [3.63, 3.8) is 0 Å². The van der Waals surface area contributed by atoms with E-state index in [1.165, 1.54) is 0 Å². The third-order valence-electron chi connectivity index (χ3n) is 3.09. The van der Waals surface area contributed by atoms with Gasteiger partial charge in [0.15, 0.2) is 0 Å². The molecule has 0 aliphatic carbocycles. The molecule has 0 unspecified atom stereocenters. The van der Waals surface area contributed by atoms with Crippen LogP contribution in [0.5, 0.6) is 0 Å². The summed E-state index contributed by atoms with van der Waals surface area (Å²) in [6.07, 6.45) is 0. The van der Waals surface area contributed by atoms with E-state index in [1.54, 1.807) is 0 Å². The number of hydrogen-bond acceptors (Lipinski definition) is 5. The van der Waals surface area contributed by atoms with Crippen molar-refractivity contribution >= 4 is 19.5 Å². The predicted octanol–water partition coefficient (Wildman–Crippen LogP) is 5.24. The molecule has 6 heteroatoms. The van der Waals surface area contributed by atoms with Crippen LogP contribution in [0.3, 0.4) is 0 Å². The molecular formula is C20H45O5Sb. The molecule has 0 rings (SSSR count). The van der Waals surface area contributed by atoms with Crippen molar-refractivity contribution in [1.29, 1.82) is 0 Å². The minimum absolute atomic E-state index is 0.330. The summed E-state index contributed by atoms with van der Waals surface area (Å²) in [4.78, 5) is 0. The van der Waals surface area contributed by atoms with Crippen molar-refractivity contribution in [2.75, 3.05) is 33.0 Å². The summed E-state index contributed by atoms with van der Waals surface area (Å²) in [5.41, 5.74) is 0. The molecule has 0 spiro atoms. The quantitative estimate of drug-likeness (QED) is 0.296. The van der Waals surface area contributed by atoms with E-state index in [4.69, 9.17) is 15.1 Å². The summed E-state index contributed by atoms with van der Waals surface area (Å²) in [5, 5.41) is 0. The molecule has 0 fully saturated rings. The van der Waals surface area contributed by atoms with E-state index < -0.39 is 19.5 Å². The standard InChI is InChI=1S/5C4H9O.Sb/c5*1-4(2)3-5;/h5*4H,3H2,1-2H3;/q5*-1;+5. The average molecular weight is 487 g/mol. The van der Waals surface area contributed by atoms with E-state index in [2.05, 4.69) is 69.2 Å². The summed E-state index contributed by atoms with van der Waals surface area (Å²) in [6.45, 7) is 23.6. The average Bonchev–Trinajstić information content (AvgIpc) is 2.53. The predicted molar refractivity (Wildman–Crippen MR) is 110 cm³/mol. The van der Waals surface area contributed by atoms with Gasteiger partial charge in [-0.15, -0.1) is 0 Å². The van der Waals surface area contributed by atoms with Crippen LogP contribution in [0.4, 0.5) is 0 Å². The summed E-state index contributed by atoms with van der Waals surface area (Å²) in [7, 11) is 0. The Balaban J connectivity index is 5.88. The molecule has 0 aromatic carbocycles. The molecule has 0 aliphatic heterocycles. The first-order chi connectivity index (χ1) is 11.9. The van der Waals surface area contributed by atoms with Crippen LogP contribution in [0.2, 0.25) is 0 Å². The molecule has 26 heavy (non-hydrogen) atoms. The van der Waals surface area contributed by atoms with Crippen molar-refractivity contribution in [3.8, 4) is 0 Å². The molecule has 0 amide bonds. The van der Waals surface area contributed by atoms with Crippen molar-refractivity contribution in [2.45, 2.75) is 69.2 Å². The third-order valence-corrected chi connectivity index (χ3v) is 11.2. The van der Waals surface area contributed by atoms with Crippen LogP contribution < -0.4 is 0 Å². The topological polar surface area (TPSA) is 46.2 Å². The van der Waals surface area contributed by atoms with Gasteiger partial charge in [0, 0.05) is 0 Å². The van der Waals surface area contributed by atoms with Crippen molar-refractivity contribution in [3.05, 3.63) is 0 Å². The number of hydrogen-bond donors (Lipinski definition) is 0. The minimum atomic E-state index is -5.16. The fraction of sp³-hybridized carbons (Fsp3) is 1.00. The van der Waals surface area contributed by atoms with Gasteiger partial charge in [-0.2, -0.15) is 0 Å². The summed E-state index contributed by atoms with van der Waals surface area (Å²) >= 11 is -5.16. The van der Waals surface area contributed by atoms with E-state index >= 15 is 0 Å². The molecule has 0 heterocycles. The fourth-order valence-electron chi connectivity index (χ4n) is 1.73. The fourth-order valence-corrected chi connectivity index (χ4v) is 11.6. The summed E-state index contributed by atoms with van der Waals surface area (Å²) in [5.74, 6) is 1.65. The third kappa shape index (κ3) is 10.8. The first kappa shape index (κ1) is 26.6. The Morgan fingerprint density at radius 3 is 0.654 bits per heavy atom. The van der Waals surface area contributed by atoms with Gasteiger partial charge in [0.1, 0.15) is 0 Å².